The number of amides is 1. The van der Waals surface area contributed by atoms with Crippen LogP contribution in [0.4, 0.5) is 4.39 Å². The number of rotatable bonds is 4. The second-order valence-electron chi connectivity index (χ2n) is 7.08. The van der Waals surface area contributed by atoms with Crippen molar-refractivity contribution in [3.8, 4) is 0 Å². The van der Waals surface area contributed by atoms with Crippen molar-refractivity contribution >= 4 is 19.5 Å². The Labute approximate surface area is 150 Å². The average Bonchev–Trinajstić information content (AvgIpc) is 3.25. The fourth-order valence-electron chi connectivity index (χ4n) is 3.76. The Hall–Kier alpha value is -1.12. The van der Waals surface area contributed by atoms with Crippen molar-refractivity contribution in [3.05, 3.63) is 12.0 Å². The minimum absolute atomic E-state index is 0.0102. The summed E-state index contributed by atoms with van der Waals surface area (Å²) in [4.78, 5) is 24.3. The third-order valence-corrected chi connectivity index (χ3v) is 6.67. The Morgan fingerprint density at radius 3 is 2.81 bits per heavy atom. The number of phosphoric acid groups is 1. The number of nitrogens with zero attached hydrogens (tertiary/aromatic N) is 1. The van der Waals surface area contributed by atoms with Crippen molar-refractivity contribution in [2.45, 2.75) is 57.0 Å². The number of hydrogen-bond donors (Lipinski definition) is 0. The molecule has 4 aliphatic rings. The fraction of sp³-hybridized carbons (Fsp3) is 0.750. The van der Waals surface area contributed by atoms with Crippen molar-refractivity contribution in [2.24, 2.45) is 5.92 Å². The van der Waals surface area contributed by atoms with E-state index in [4.69, 9.17) is 18.3 Å². The van der Waals surface area contributed by atoms with E-state index >= 15 is 0 Å². The third kappa shape index (κ3) is 3.64. The molecular weight excluding hydrogens is 368 g/mol. The summed E-state index contributed by atoms with van der Waals surface area (Å²) < 4.78 is 48.1. The van der Waals surface area contributed by atoms with Crippen LogP contribution in [-0.4, -0.2) is 48.2 Å². The Kier molecular flexibility index (Phi) is 5.00. The topological polar surface area (TPSA) is 91.4 Å². The predicted molar refractivity (Wildman–Crippen MR) is 85.3 cm³/mol. The van der Waals surface area contributed by atoms with E-state index < -0.39 is 50.2 Å². The number of carbonyl (C=O) groups excluding carboxylic acids is 2. The van der Waals surface area contributed by atoms with Crippen LogP contribution in [0, 0.1) is 5.92 Å². The first-order valence-corrected chi connectivity index (χ1v) is 10.3. The maximum atomic E-state index is 13.5. The van der Waals surface area contributed by atoms with E-state index in [0.29, 0.717) is 12.5 Å². The number of carbonyl (C=O) groups is 2. The normalized spacial score (nSPS) is 38.6. The van der Waals surface area contributed by atoms with Gasteiger partial charge in [0, 0.05) is 12.6 Å². The maximum Gasteiger partial charge on any atom is 0.475 e. The van der Waals surface area contributed by atoms with Gasteiger partial charge in [-0.15, -0.1) is 0 Å². The van der Waals surface area contributed by atoms with Gasteiger partial charge in [-0.25, -0.2) is 8.96 Å². The van der Waals surface area contributed by atoms with Crippen LogP contribution in [0.3, 0.4) is 0 Å². The molecule has 3 heterocycles. The van der Waals surface area contributed by atoms with E-state index in [1.54, 1.807) is 0 Å². The molecule has 4 rings (SSSR count). The number of fused-ring (bicyclic) bond motifs is 1. The highest BCUT2D eigenvalue weighted by Crippen LogP contribution is 2.56. The van der Waals surface area contributed by atoms with Crippen molar-refractivity contribution in [1.82, 2.24) is 4.90 Å². The van der Waals surface area contributed by atoms with E-state index in [1.165, 1.54) is 0 Å². The van der Waals surface area contributed by atoms with Gasteiger partial charge in [0.05, 0.1) is 19.6 Å². The monoisotopic (exact) mass is 389 g/mol. The van der Waals surface area contributed by atoms with E-state index in [0.717, 1.165) is 36.8 Å². The van der Waals surface area contributed by atoms with Gasteiger partial charge in [0.2, 0.25) is 11.7 Å². The van der Waals surface area contributed by atoms with Crippen molar-refractivity contribution in [2.75, 3.05) is 13.2 Å². The van der Waals surface area contributed by atoms with E-state index in [-0.39, 0.29) is 13.0 Å². The molecule has 1 saturated carbocycles. The van der Waals surface area contributed by atoms with Gasteiger partial charge in [0.15, 0.2) is 5.83 Å². The number of hydrogen-bond acceptors (Lipinski definition) is 7. The van der Waals surface area contributed by atoms with Gasteiger partial charge in [-0.3, -0.25) is 28.1 Å². The zero-order chi connectivity index (χ0) is 18.3. The highest BCUT2D eigenvalue weighted by molar-refractivity contribution is 7.48. The lowest BCUT2D eigenvalue weighted by molar-refractivity contribution is -0.146. The van der Waals surface area contributed by atoms with Gasteiger partial charge < -0.3 is 4.74 Å². The van der Waals surface area contributed by atoms with Gasteiger partial charge in [-0.2, -0.15) is 0 Å². The van der Waals surface area contributed by atoms with Gasteiger partial charge in [-0.1, -0.05) is 12.8 Å². The lowest BCUT2D eigenvalue weighted by atomic mass is 10.1. The molecule has 144 valence electrons. The summed E-state index contributed by atoms with van der Waals surface area (Å²) in [7, 11) is -3.67. The van der Waals surface area contributed by atoms with Crippen LogP contribution in [0.15, 0.2) is 12.0 Å². The zero-order valence-corrected chi connectivity index (χ0v) is 15.1. The summed E-state index contributed by atoms with van der Waals surface area (Å²) in [5, 5.41) is 0. The number of halogens is 1. The van der Waals surface area contributed by atoms with Crippen LogP contribution in [0.2, 0.25) is 0 Å². The first kappa shape index (κ1) is 18.3. The van der Waals surface area contributed by atoms with Gasteiger partial charge in [0.25, 0.3) is 0 Å². The maximum absolute atomic E-state index is 13.5. The second-order valence-corrected chi connectivity index (χ2v) is 8.70. The Bertz CT molecular complexity index is 678. The van der Waals surface area contributed by atoms with Gasteiger partial charge in [0.1, 0.15) is 18.4 Å². The average molecular weight is 389 g/mol. The van der Waals surface area contributed by atoms with Gasteiger partial charge >= 0.3 is 7.82 Å². The molecule has 0 aromatic rings. The summed E-state index contributed by atoms with van der Waals surface area (Å²) in [5.74, 6) is -1.99. The Morgan fingerprint density at radius 1 is 1.27 bits per heavy atom. The summed E-state index contributed by atoms with van der Waals surface area (Å²) in [6, 6.07) is 0. The first-order chi connectivity index (χ1) is 12.4. The molecule has 0 bridgehead atoms. The largest absolute Gasteiger partial charge is 0.475 e. The molecule has 10 heteroatoms. The van der Waals surface area contributed by atoms with Crippen LogP contribution < -0.4 is 0 Å². The quantitative estimate of drug-likeness (QED) is 0.539. The second kappa shape index (κ2) is 7.13. The molecule has 3 fully saturated rings. The minimum Gasteiger partial charge on any atom is -0.349 e. The molecule has 0 aromatic carbocycles. The molecule has 1 amide bonds. The van der Waals surface area contributed by atoms with Crippen molar-refractivity contribution in [1.29, 1.82) is 0 Å². The molecule has 0 spiro atoms. The van der Waals surface area contributed by atoms with Crippen molar-refractivity contribution < 1.29 is 36.9 Å². The third-order valence-electron chi connectivity index (χ3n) is 5.21. The number of allylic oxidation sites excluding steroid dienone is 1. The Balaban J connectivity index is 1.37. The highest BCUT2D eigenvalue weighted by atomic mass is 31.2. The van der Waals surface area contributed by atoms with Crippen LogP contribution in [0.1, 0.15) is 38.5 Å². The lowest BCUT2D eigenvalue weighted by Gasteiger charge is -2.30. The van der Waals surface area contributed by atoms with Crippen LogP contribution in [0.25, 0.3) is 0 Å². The molecular formula is C16H21FNO7P. The van der Waals surface area contributed by atoms with Crippen LogP contribution in [0.5, 0.6) is 0 Å². The zero-order valence-electron chi connectivity index (χ0n) is 14.2. The summed E-state index contributed by atoms with van der Waals surface area (Å²) in [6.07, 6.45) is 3.02. The van der Waals surface area contributed by atoms with Crippen LogP contribution in [-0.2, 0) is 32.5 Å². The molecule has 26 heavy (non-hydrogen) atoms. The minimum atomic E-state index is -3.67. The number of Topliss-reactive ketones (excluding diaryl/α,β-unsaturated/α-hetero) is 1. The lowest BCUT2D eigenvalue weighted by Crippen LogP contribution is -2.40. The standard InChI is InChI=1S/C16H21FNO7P/c17-11-7-18(15(20)5-12(11)19)16-6-13-14(24-16)9-23-26(21,25-13)22-8-10-3-1-2-4-10/h7,10,13-14,16H,1-6,8-9H2/t13-,14+,16+,26?/m0/s1. The molecule has 3 aliphatic heterocycles. The molecule has 2 saturated heterocycles. The number of ketones is 1. The van der Waals surface area contributed by atoms with Crippen LogP contribution >= 0.6 is 7.82 Å². The number of phosphoric ester groups is 1. The van der Waals surface area contributed by atoms with Crippen molar-refractivity contribution in [3.63, 3.8) is 0 Å². The SMILES string of the molecule is O=C1CC(=O)N([C@H]2C[C@@H]3OP(=O)(OCC4CCCC4)OC[C@H]3O2)C=C1F. The highest BCUT2D eigenvalue weighted by Gasteiger charge is 2.49. The predicted octanol–water partition coefficient (Wildman–Crippen LogP) is 2.44. The molecule has 0 N–H and O–H groups in total. The smallest absolute Gasteiger partial charge is 0.349 e. The van der Waals surface area contributed by atoms with E-state index in [1.807, 2.05) is 0 Å². The molecule has 0 aromatic heterocycles. The number of ether oxygens (including phenoxy) is 1. The molecule has 1 unspecified atom stereocenters. The molecule has 0 radical (unpaired) electrons. The summed E-state index contributed by atoms with van der Waals surface area (Å²) in [5.41, 5.74) is 0. The molecule has 1 aliphatic carbocycles. The fourth-order valence-corrected chi connectivity index (χ4v) is 5.23. The first-order valence-electron chi connectivity index (χ1n) is 8.88. The summed E-state index contributed by atoms with van der Waals surface area (Å²) in [6.45, 7) is 0.343. The molecule has 8 nitrogen and oxygen atoms in total. The molecule has 4 atom stereocenters. The Morgan fingerprint density at radius 2 is 2.04 bits per heavy atom. The van der Waals surface area contributed by atoms with E-state index in [2.05, 4.69) is 0 Å². The van der Waals surface area contributed by atoms with E-state index in [9.17, 15) is 18.5 Å². The summed E-state index contributed by atoms with van der Waals surface area (Å²) >= 11 is 0. The van der Waals surface area contributed by atoms with Gasteiger partial charge in [-0.05, 0) is 18.8 Å².